The summed E-state index contributed by atoms with van der Waals surface area (Å²) < 4.78 is 0. The van der Waals surface area contributed by atoms with Crippen molar-refractivity contribution >= 4 is 139 Å². The van der Waals surface area contributed by atoms with Crippen LogP contribution >= 0.6 is 22.7 Å². The lowest BCUT2D eigenvalue weighted by atomic mass is 10.1. The Morgan fingerprint density at radius 1 is 0.278 bits per heavy atom. The number of benzene rings is 10. The van der Waals surface area contributed by atoms with Crippen LogP contribution in [-0.4, -0.2) is 39.3 Å². The van der Waals surface area contributed by atoms with E-state index in [-0.39, 0.29) is 0 Å². The molecule has 10 aromatic carbocycles. The second-order valence-corrected chi connectivity index (χ2v) is 28.8. The number of thiophene rings is 2. The third-order valence-corrected chi connectivity index (χ3v) is 20.5. The summed E-state index contributed by atoms with van der Waals surface area (Å²) in [5.74, 6) is 0. The Morgan fingerprint density at radius 2 is 0.583 bits per heavy atom. The van der Waals surface area contributed by atoms with Gasteiger partial charge in [0.05, 0.1) is 89.6 Å². The quantitative estimate of drug-likeness (QED) is 0.0607. The Labute approximate surface area is 639 Å². The number of unbranched alkanes of at least 4 members (excludes halogenated alkanes) is 1. The largest absolute Gasteiger partial charge is 0.372 e. The second-order valence-electron chi connectivity index (χ2n) is 26.7. The van der Waals surface area contributed by atoms with E-state index < -0.39 is 0 Å². The molecule has 108 heavy (non-hydrogen) atoms. The van der Waals surface area contributed by atoms with E-state index in [0.717, 1.165) is 152 Å². The number of hydrogen-bond donors (Lipinski definition) is 0. The number of piperidine rings is 2. The summed E-state index contributed by atoms with van der Waals surface area (Å²) in [6.07, 6.45) is 13.8. The average molecular weight is 1460 g/mol. The molecule has 0 bridgehead atoms. The Balaban J connectivity index is 0.000000144. The lowest BCUT2D eigenvalue weighted by Crippen LogP contribution is -2.28. The highest BCUT2D eigenvalue weighted by Crippen LogP contribution is 2.40. The monoisotopic (exact) mass is 1460 g/mol. The maximum absolute atomic E-state index is 4.60. The van der Waals surface area contributed by atoms with Crippen LogP contribution in [0.5, 0.6) is 0 Å². The van der Waals surface area contributed by atoms with E-state index in [2.05, 4.69) is 146 Å². The van der Waals surface area contributed by atoms with E-state index in [9.17, 15) is 0 Å². The molecule has 2 aromatic heterocycles. The van der Waals surface area contributed by atoms with Crippen LogP contribution in [0, 0.1) is 20.8 Å². The molecule has 15 rings (SSSR count). The number of anilines is 3. The Bertz CT molecular complexity index is 5100. The maximum atomic E-state index is 4.60. The van der Waals surface area contributed by atoms with Gasteiger partial charge in [-0.3, -0.25) is 0 Å². The zero-order valence-electron chi connectivity index (χ0n) is 61.5. The zero-order valence-corrected chi connectivity index (χ0v) is 63.1. The number of hydrogen-bond acceptors (Lipinski definition) is 21. The normalized spacial score (nSPS) is 14.3. The maximum Gasteiger partial charge on any atom is 0.140 e. The molecule has 3 saturated heterocycles. The minimum absolute atomic E-state index is 0.740. The topological polar surface area (TPSA) is 207 Å². The van der Waals surface area contributed by atoms with Crippen LogP contribution in [0.25, 0.3) is 10.8 Å². The number of fused-ring (bicyclic) bond motifs is 1. The number of aryl methyl sites for hydroxylation is 4. The van der Waals surface area contributed by atoms with Crippen LogP contribution in [-0.2, 0) is 6.42 Å². The SMILES string of the molecule is CCCCc1ccc(N=Nc2ccc(N=Nc3ccc(N4CCCC4)cc3)cc2)cc1.Cc1ccc(N=Nc2ccc(N=Nc3ccc(N=Nc4ccc(N5CCCCC5)s4)c4ccccc34)cc2)cc1.Cc1ccc(N=Nc2ccc(N=Nc3ccc(N=Nc4ccc(N5CCCCC5)s4)cc3C)cc2)cc1. The Kier molecular flexibility index (Phi) is 26.4. The van der Waals surface area contributed by atoms with Gasteiger partial charge in [0.1, 0.15) is 10.0 Å². The van der Waals surface area contributed by atoms with E-state index in [0.29, 0.717) is 0 Å². The van der Waals surface area contributed by atoms with Gasteiger partial charge in [0, 0.05) is 55.7 Å². The minimum atomic E-state index is 0.740. The molecule has 3 aliphatic rings. The van der Waals surface area contributed by atoms with Crippen LogP contribution in [0.15, 0.2) is 331 Å². The van der Waals surface area contributed by atoms with Crippen molar-refractivity contribution in [1.29, 1.82) is 0 Å². The third-order valence-electron chi connectivity index (χ3n) is 18.4. The van der Waals surface area contributed by atoms with Gasteiger partial charge in [-0.05, 0) is 284 Å². The summed E-state index contributed by atoms with van der Waals surface area (Å²) in [6.45, 7) is 15.1. The molecule has 0 saturated carbocycles. The van der Waals surface area contributed by atoms with Crippen LogP contribution in [0.1, 0.15) is 93.4 Å². The van der Waals surface area contributed by atoms with Crippen LogP contribution in [0.2, 0.25) is 0 Å². The predicted molar refractivity (Wildman–Crippen MR) is 444 cm³/mol. The Morgan fingerprint density at radius 3 is 0.981 bits per heavy atom. The molecule has 0 N–H and O–H groups in total. The van der Waals surface area contributed by atoms with Crippen molar-refractivity contribution in [1.82, 2.24) is 0 Å². The molecule has 19 nitrogen and oxygen atoms in total. The predicted octanol–water partition coefficient (Wildman–Crippen LogP) is 30.5. The lowest BCUT2D eigenvalue weighted by molar-refractivity contribution is 0.580. The second kappa shape index (κ2) is 38.4. The summed E-state index contributed by atoms with van der Waals surface area (Å²) in [5.41, 5.74) is 17.1. The van der Waals surface area contributed by atoms with Gasteiger partial charge >= 0.3 is 0 Å². The number of nitrogens with zero attached hydrogens (tertiary/aromatic N) is 19. The first-order valence-corrected chi connectivity index (χ1v) is 38.8. The highest BCUT2D eigenvalue weighted by Gasteiger charge is 2.16. The number of azo groups is 8. The summed E-state index contributed by atoms with van der Waals surface area (Å²) in [7, 11) is 0. The molecule has 12 aromatic rings. The molecule has 542 valence electrons. The van der Waals surface area contributed by atoms with Gasteiger partial charge in [-0.15, -0.1) is 25.6 Å². The summed E-state index contributed by atoms with van der Waals surface area (Å²) in [5, 5.41) is 76.7. The molecule has 3 fully saturated rings. The van der Waals surface area contributed by atoms with Crippen molar-refractivity contribution in [2.45, 2.75) is 98.3 Å². The van der Waals surface area contributed by atoms with Gasteiger partial charge in [-0.25, -0.2) is 0 Å². The van der Waals surface area contributed by atoms with E-state index in [4.69, 9.17) is 0 Å². The molecule has 21 heteroatoms. The van der Waals surface area contributed by atoms with Crippen molar-refractivity contribution in [3.05, 3.63) is 271 Å². The van der Waals surface area contributed by atoms with Crippen LogP contribution in [0.4, 0.5) is 105 Å². The fourth-order valence-electron chi connectivity index (χ4n) is 12.3. The van der Waals surface area contributed by atoms with Gasteiger partial charge < -0.3 is 14.7 Å². The summed E-state index contributed by atoms with van der Waals surface area (Å²) in [4.78, 5) is 7.31. The number of rotatable bonds is 22. The van der Waals surface area contributed by atoms with Gasteiger partial charge in [0.2, 0.25) is 0 Å². The molecule has 0 amide bonds. The minimum Gasteiger partial charge on any atom is -0.372 e. The molecule has 0 aliphatic carbocycles. The average Bonchev–Trinajstić information content (AvgIpc) is 1.54. The van der Waals surface area contributed by atoms with Crippen molar-refractivity contribution in [3.63, 3.8) is 0 Å². The first-order valence-electron chi connectivity index (χ1n) is 37.2. The molecule has 0 spiro atoms. The smallest absolute Gasteiger partial charge is 0.140 e. The first kappa shape index (κ1) is 74.3. The van der Waals surface area contributed by atoms with Crippen LogP contribution < -0.4 is 14.7 Å². The molecular formula is C87H87N19S2. The van der Waals surface area contributed by atoms with E-state index >= 15 is 0 Å². The zero-order chi connectivity index (χ0) is 73.9. The molecule has 0 radical (unpaired) electrons. The van der Waals surface area contributed by atoms with Crippen LogP contribution in [0.3, 0.4) is 0 Å². The van der Waals surface area contributed by atoms with E-state index in [1.54, 1.807) is 22.7 Å². The third kappa shape index (κ3) is 22.1. The molecule has 0 unspecified atom stereocenters. The van der Waals surface area contributed by atoms with E-state index in [1.807, 2.05) is 227 Å². The first-order chi connectivity index (χ1) is 53.1. The highest BCUT2D eigenvalue weighted by atomic mass is 32.1. The van der Waals surface area contributed by atoms with Crippen molar-refractivity contribution in [3.8, 4) is 0 Å². The van der Waals surface area contributed by atoms with Gasteiger partial charge in [0.25, 0.3) is 0 Å². The standard InChI is InChI=1S/C32H29N7S.C29H29N7S.C26H29N5/c1-23-9-11-24(12-10-23)33-34-25-13-15-26(16-14-25)35-36-29-17-18-30(28-8-4-3-7-27(28)29)37-38-31-19-20-32(40-31)39-21-5-2-6-22-39;1-21-6-8-23(9-7-21)30-31-24-10-12-25(13-11-24)32-34-27-15-14-26(20-22(27)2)33-35-28-16-17-29(37-28)36-18-4-3-5-19-36;1-2-3-6-21-7-9-22(10-8-21)27-28-23-11-13-24(14-12-23)29-30-25-15-17-26(18-16-25)31-19-4-5-20-31/h3-4,7-20H,2,5-6,21-22H2,1H3;6-17,20H,3-5,18-19H2,1-2H3;7-18H,2-6,19-20H2,1H3. The van der Waals surface area contributed by atoms with Gasteiger partial charge in [0.15, 0.2) is 0 Å². The highest BCUT2D eigenvalue weighted by molar-refractivity contribution is 7.20. The molecule has 5 heterocycles. The Hall–Kier alpha value is -11.9. The lowest BCUT2D eigenvalue weighted by Gasteiger charge is -2.26. The van der Waals surface area contributed by atoms with Crippen molar-refractivity contribution in [2.24, 2.45) is 81.8 Å². The van der Waals surface area contributed by atoms with Gasteiger partial charge in [-0.1, -0.05) is 108 Å². The summed E-state index contributed by atoms with van der Waals surface area (Å²) in [6, 6.07) is 81.4. The fourth-order valence-corrected chi connectivity index (χ4v) is 14.0. The molecular weight excluding hydrogens is 1380 g/mol. The molecule has 3 aliphatic heterocycles. The van der Waals surface area contributed by atoms with E-state index in [1.165, 1.54) is 96.6 Å². The summed E-state index contributed by atoms with van der Waals surface area (Å²) >= 11 is 3.39. The molecule has 0 atom stereocenters. The van der Waals surface area contributed by atoms with Crippen molar-refractivity contribution < 1.29 is 0 Å². The fraction of sp³-hybridized carbons (Fsp3) is 0.241. The van der Waals surface area contributed by atoms with Crippen molar-refractivity contribution in [2.75, 3.05) is 54.0 Å². The van der Waals surface area contributed by atoms with Gasteiger partial charge in [-0.2, -0.15) is 56.3 Å².